The van der Waals surface area contributed by atoms with Crippen molar-refractivity contribution in [1.29, 1.82) is 0 Å². The molecule has 0 radical (unpaired) electrons. The Kier molecular flexibility index (Phi) is 6.55. The summed E-state index contributed by atoms with van der Waals surface area (Å²) in [6.07, 6.45) is 1.18. The second-order valence-electron chi connectivity index (χ2n) is 7.43. The number of sulfone groups is 1. The Morgan fingerprint density at radius 2 is 1.97 bits per heavy atom. The molecule has 4 rings (SSSR count). The number of sulfonamides is 1. The summed E-state index contributed by atoms with van der Waals surface area (Å²) in [5.74, 6) is -0.643. The molecule has 1 aliphatic heterocycles. The van der Waals surface area contributed by atoms with E-state index in [2.05, 4.69) is 15.6 Å². The molecule has 2 heterocycles. The maximum absolute atomic E-state index is 13.5. The Morgan fingerprint density at radius 1 is 1.21 bits per heavy atom. The van der Waals surface area contributed by atoms with Gasteiger partial charge < -0.3 is 20.1 Å². The lowest BCUT2D eigenvalue weighted by molar-refractivity contribution is 0.0602. The number of nitrogens with one attached hydrogen (secondary N) is 2. The van der Waals surface area contributed by atoms with Crippen molar-refractivity contribution < 1.29 is 31.1 Å². The standard InChI is InChI=1S/C21H22N4O7S2/c1-31-21(26)14-4-2-3-5-17(14)25-20-15-10-13(34(22,29)30)6-7-16(15)24-11-18(20)33(27,28)19-12-23-8-9-32-19/h2-7,10-11,19,23H,8-9,12H2,1H3,(H,24,25)(H2,22,29,30). The molecule has 34 heavy (non-hydrogen) atoms. The number of primary sulfonamides is 1. The van der Waals surface area contributed by atoms with Crippen molar-refractivity contribution in [2.24, 2.45) is 5.14 Å². The number of morpholine rings is 1. The van der Waals surface area contributed by atoms with Crippen LogP contribution in [0.1, 0.15) is 10.4 Å². The van der Waals surface area contributed by atoms with Crippen LogP contribution < -0.4 is 15.8 Å². The van der Waals surface area contributed by atoms with Gasteiger partial charge in [-0.2, -0.15) is 0 Å². The number of para-hydroxylation sites is 1. The van der Waals surface area contributed by atoms with Crippen LogP contribution in [0, 0.1) is 0 Å². The summed E-state index contributed by atoms with van der Waals surface area (Å²) in [6.45, 7) is 0.779. The number of carbonyl (C=O) groups excluding carboxylic acids is 1. The number of fused-ring (bicyclic) bond motifs is 1. The van der Waals surface area contributed by atoms with E-state index in [1.165, 1.54) is 37.6 Å². The minimum absolute atomic E-state index is 0.0287. The van der Waals surface area contributed by atoms with Crippen LogP contribution in [0.15, 0.2) is 58.5 Å². The number of esters is 1. The molecule has 3 aromatic rings. The number of hydrogen-bond acceptors (Lipinski definition) is 10. The predicted octanol–water partition coefficient (Wildman–Crippen LogP) is 1.13. The molecule has 0 bridgehead atoms. The van der Waals surface area contributed by atoms with E-state index in [0.29, 0.717) is 12.1 Å². The number of nitrogens with zero attached hydrogens (tertiary/aromatic N) is 1. The molecule has 11 nitrogen and oxygen atoms in total. The Bertz CT molecular complexity index is 1470. The third-order valence-electron chi connectivity index (χ3n) is 5.27. The summed E-state index contributed by atoms with van der Waals surface area (Å²) in [7, 11) is -6.97. The van der Waals surface area contributed by atoms with Gasteiger partial charge >= 0.3 is 5.97 Å². The SMILES string of the molecule is COC(=O)c1ccccc1Nc1c(S(=O)(=O)C2CNCCO2)cnc2ccc(S(N)(=O)=O)cc12. The smallest absolute Gasteiger partial charge is 0.339 e. The second kappa shape index (κ2) is 9.27. The van der Waals surface area contributed by atoms with Crippen molar-refractivity contribution in [2.75, 3.05) is 32.1 Å². The topological polar surface area (TPSA) is 167 Å². The molecule has 0 amide bonds. The van der Waals surface area contributed by atoms with Gasteiger partial charge in [-0.25, -0.2) is 26.8 Å². The van der Waals surface area contributed by atoms with Crippen molar-refractivity contribution in [3.05, 3.63) is 54.2 Å². The first-order valence-electron chi connectivity index (χ1n) is 10.1. The minimum Gasteiger partial charge on any atom is -0.465 e. The van der Waals surface area contributed by atoms with Gasteiger partial charge in [0.1, 0.15) is 4.90 Å². The zero-order chi connectivity index (χ0) is 24.5. The van der Waals surface area contributed by atoms with Crippen LogP contribution >= 0.6 is 0 Å². The summed E-state index contributed by atoms with van der Waals surface area (Å²) < 4.78 is 61.3. The van der Waals surface area contributed by atoms with Gasteiger partial charge in [0.05, 0.1) is 41.1 Å². The van der Waals surface area contributed by atoms with Crippen molar-refractivity contribution in [1.82, 2.24) is 10.3 Å². The Balaban J connectivity index is 1.98. The zero-order valence-corrected chi connectivity index (χ0v) is 19.6. The molecule has 180 valence electrons. The molecule has 0 aliphatic carbocycles. The Hall–Kier alpha value is -3.10. The van der Waals surface area contributed by atoms with E-state index in [1.807, 2.05) is 0 Å². The highest BCUT2D eigenvalue weighted by Gasteiger charge is 2.33. The molecule has 1 saturated heterocycles. The van der Waals surface area contributed by atoms with Crippen LogP contribution in [0.25, 0.3) is 10.9 Å². The van der Waals surface area contributed by atoms with Gasteiger partial charge in [-0.15, -0.1) is 0 Å². The molecule has 1 aromatic heterocycles. The van der Waals surface area contributed by atoms with E-state index >= 15 is 0 Å². The van der Waals surface area contributed by atoms with Crippen LogP contribution in [-0.2, 0) is 29.3 Å². The van der Waals surface area contributed by atoms with E-state index in [-0.39, 0.29) is 45.3 Å². The molecule has 1 fully saturated rings. The quantitative estimate of drug-likeness (QED) is 0.412. The molecule has 1 unspecified atom stereocenters. The third-order valence-corrected chi connectivity index (χ3v) is 8.10. The van der Waals surface area contributed by atoms with E-state index < -0.39 is 31.3 Å². The van der Waals surface area contributed by atoms with Crippen LogP contribution in [0.2, 0.25) is 0 Å². The fraction of sp³-hybridized carbons (Fsp3) is 0.238. The molecule has 1 aliphatic rings. The van der Waals surface area contributed by atoms with Crippen molar-refractivity contribution >= 4 is 48.1 Å². The molecule has 0 spiro atoms. The van der Waals surface area contributed by atoms with Gasteiger partial charge in [-0.1, -0.05) is 12.1 Å². The largest absolute Gasteiger partial charge is 0.465 e. The molecule has 2 aromatic carbocycles. The van der Waals surface area contributed by atoms with E-state index in [9.17, 15) is 21.6 Å². The summed E-state index contributed by atoms with van der Waals surface area (Å²) in [4.78, 5) is 16.1. The molecular formula is C21H22N4O7S2. The Labute approximate surface area is 196 Å². The highest BCUT2D eigenvalue weighted by Crippen LogP contribution is 2.36. The Morgan fingerprint density at radius 3 is 2.65 bits per heavy atom. The number of hydrogen-bond donors (Lipinski definition) is 3. The number of ether oxygens (including phenoxy) is 2. The van der Waals surface area contributed by atoms with Crippen LogP contribution in [0.3, 0.4) is 0 Å². The average Bonchev–Trinajstić information content (AvgIpc) is 2.83. The highest BCUT2D eigenvalue weighted by atomic mass is 32.2. The zero-order valence-electron chi connectivity index (χ0n) is 18.0. The molecule has 13 heteroatoms. The summed E-state index contributed by atoms with van der Waals surface area (Å²) in [5, 5.41) is 11.4. The van der Waals surface area contributed by atoms with Gasteiger partial charge in [0, 0.05) is 24.7 Å². The van der Waals surface area contributed by atoms with Gasteiger partial charge in [-0.3, -0.25) is 4.98 Å². The molecular weight excluding hydrogens is 484 g/mol. The molecule has 4 N–H and O–H groups in total. The first kappa shape index (κ1) is 24.0. The average molecular weight is 507 g/mol. The fourth-order valence-corrected chi connectivity index (χ4v) is 5.65. The van der Waals surface area contributed by atoms with Crippen LogP contribution in [-0.4, -0.2) is 60.0 Å². The number of pyridine rings is 1. The number of benzene rings is 2. The van der Waals surface area contributed by atoms with Crippen molar-refractivity contribution in [3.8, 4) is 0 Å². The van der Waals surface area contributed by atoms with Gasteiger partial charge in [0.25, 0.3) is 0 Å². The van der Waals surface area contributed by atoms with Crippen LogP contribution in [0.5, 0.6) is 0 Å². The first-order chi connectivity index (χ1) is 16.1. The maximum atomic E-state index is 13.5. The van der Waals surface area contributed by atoms with Crippen LogP contribution in [0.4, 0.5) is 11.4 Å². The molecule has 0 saturated carbocycles. The number of carbonyl (C=O) groups is 1. The predicted molar refractivity (Wildman–Crippen MR) is 124 cm³/mol. The maximum Gasteiger partial charge on any atom is 0.339 e. The lowest BCUT2D eigenvalue weighted by atomic mass is 10.1. The second-order valence-corrected chi connectivity index (χ2v) is 11.1. The third kappa shape index (κ3) is 4.60. The van der Waals surface area contributed by atoms with Gasteiger partial charge in [0.15, 0.2) is 5.44 Å². The number of anilines is 2. The summed E-state index contributed by atoms with van der Waals surface area (Å²) in [6, 6.07) is 10.3. The van der Waals surface area contributed by atoms with E-state index in [4.69, 9.17) is 14.6 Å². The monoisotopic (exact) mass is 506 g/mol. The number of nitrogens with two attached hydrogens (primary N) is 1. The van der Waals surface area contributed by atoms with Gasteiger partial charge in [0.2, 0.25) is 19.9 Å². The number of methoxy groups -OCH3 is 1. The van der Waals surface area contributed by atoms with Crippen molar-refractivity contribution in [2.45, 2.75) is 15.2 Å². The molecule has 1 atom stereocenters. The number of rotatable bonds is 6. The highest BCUT2D eigenvalue weighted by molar-refractivity contribution is 7.92. The lowest BCUT2D eigenvalue weighted by Gasteiger charge is -2.25. The first-order valence-corrected chi connectivity index (χ1v) is 13.2. The van der Waals surface area contributed by atoms with Gasteiger partial charge in [-0.05, 0) is 30.3 Å². The number of aromatic nitrogens is 1. The lowest BCUT2D eigenvalue weighted by Crippen LogP contribution is -2.43. The van der Waals surface area contributed by atoms with E-state index in [0.717, 1.165) is 0 Å². The van der Waals surface area contributed by atoms with Crippen molar-refractivity contribution in [3.63, 3.8) is 0 Å². The summed E-state index contributed by atoms with van der Waals surface area (Å²) in [5.41, 5.74) is -0.440. The normalized spacial score (nSPS) is 16.8. The minimum atomic E-state index is -4.10. The fourth-order valence-electron chi connectivity index (χ4n) is 3.57. The van der Waals surface area contributed by atoms with E-state index in [1.54, 1.807) is 18.2 Å². The summed E-state index contributed by atoms with van der Waals surface area (Å²) >= 11 is 0.